The number of halogens is 2. The Bertz CT molecular complexity index is 119. The molecule has 0 aromatic rings. The molecule has 0 amide bonds. The van der Waals surface area contributed by atoms with Gasteiger partial charge in [-0.25, -0.2) is 0 Å². The molecule has 0 saturated carbocycles. The quantitative estimate of drug-likeness (QED) is 0.576. The van der Waals surface area contributed by atoms with Crippen LogP contribution in [0.15, 0.2) is 0 Å². The van der Waals surface area contributed by atoms with Crippen LogP contribution in [0.3, 0.4) is 0 Å². The van der Waals surface area contributed by atoms with Gasteiger partial charge in [0.2, 0.25) is 0 Å². The summed E-state index contributed by atoms with van der Waals surface area (Å²) in [6, 6.07) is 0. The van der Waals surface area contributed by atoms with Crippen LogP contribution in [0.25, 0.3) is 0 Å². The Labute approximate surface area is 81.9 Å². The van der Waals surface area contributed by atoms with Crippen LogP contribution < -0.4 is 0 Å². The maximum absolute atomic E-state index is 10.8. The number of carbonyl (C=O) groups excluding carboxylic acids is 1. The van der Waals surface area contributed by atoms with E-state index in [1.807, 2.05) is 0 Å². The Hall–Kier alpha value is 0.849. The van der Waals surface area contributed by atoms with Gasteiger partial charge in [0.15, 0.2) is 0 Å². The molecular weight excluding hydrogens is 294 g/mol. The van der Waals surface area contributed by atoms with Crippen LogP contribution in [0.1, 0.15) is 32.6 Å². The number of rotatable bonds is 5. The van der Waals surface area contributed by atoms with E-state index in [9.17, 15) is 4.79 Å². The second kappa shape index (κ2) is 7.50. The molecule has 0 bridgehead atoms. The fraction of sp³-hybridized carbons (Fsp3) is 0.833. The first-order valence-electron chi connectivity index (χ1n) is 3.55. The fourth-order valence-corrected chi connectivity index (χ4v) is 2.59. The Morgan fingerprint density at radius 3 is 2.55 bits per heavy atom. The fourth-order valence-electron chi connectivity index (χ4n) is 0.656. The van der Waals surface area contributed by atoms with E-state index >= 15 is 0 Å². The van der Waals surface area contributed by atoms with E-state index in [0.717, 1.165) is 19.3 Å². The average Bonchev–Trinajstić information content (AvgIpc) is 1.86. The molecule has 11 heavy (non-hydrogen) atoms. The second-order valence-corrected chi connectivity index (χ2v) is 9.93. The molecule has 2 nitrogen and oxygen atoms in total. The van der Waals surface area contributed by atoms with Crippen LogP contribution in [-0.4, -0.2) is 23.9 Å². The van der Waals surface area contributed by atoms with E-state index in [-0.39, 0.29) is 5.97 Å². The summed E-state index contributed by atoms with van der Waals surface area (Å²) in [4.78, 5) is 10.8. The van der Waals surface area contributed by atoms with Crippen molar-refractivity contribution in [1.82, 2.24) is 0 Å². The Morgan fingerprint density at radius 1 is 1.45 bits per heavy atom. The van der Waals surface area contributed by atoms with Crippen LogP contribution in [0.5, 0.6) is 0 Å². The number of unbranched alkanes of at least 4 members (excludes halogenated alkanes) is 2. The van der Waals surface area contributed by atoms with Gasteiger partial charge in [0, 0.05) is 0 Å². The first-order chi connectivity index (χ1) is 5.16. The van der Waals surface area contributed by atoms with E-state index in [0.29, 0.717) is 6.42 Å². The van der Waals surface area contributed by atoms with Gasteiger partial charge >= 0.3 is 82.2 Å². The molecule has 0 fully saturated rings. The zero-order chi connectivity index (χ0) is 8.69. The monoisotopic (exact) mass is 305 g/mol. The van der Waals surface area contributed by atoms with Gasteiger partial charge in [-0.3, -0.25) is 0 Å². The first-order valence-corrected chi connectivity index (χ1v) is 11.9. The van der Waals surface area contributed by atoms with E-state index in [2.05, 4.69) is 10.00 Å². The number of hydrogen-bond acceptors (Lipinski definition) is 2. The molecule has 0 aliphatic rings. The molecule has 1 radical (unpaired) electrons. The Morgan fingerprint density at radius 2 is 2.09 bits per heavy atom. The van der Waals surface area contributed by atoms with Gasteiger partial charge in [-0.2, -0.15) is 0 Å². The Balaban J connectivity index is 3.23. The van der Waals surface area contributed by atoms with Crippen molar-refractivity contribution < 1.29 is 7.87 Å². The van der Waals surface area contributed by atoms with Gasteiger partial charge < -0.3 is 0 Å². The molecule has 0 saturated heterocycles. The van der Waals surface area contributed by atoms with Gasteiger partial charge in [0.25, 0.3) is 0 Å². The van der Waals surface area contributed by atoms with Crippen molar-refractivity contribution in [2.24, 2.45) is 0 Å². The predicted octanol–water partition coefficient (Wildman–Crippen LogP) is 2.57. The van der Waals surface area contributed by atoms with Gasteiger partial charge in [0.1, 0.15) is 0 Å². The van der Waals surface area contributed by atoms with Crippen LogP contribution in [0, 0.1) is 0 Å². The van der Waals surface area contributed by atoms with Crippen molar-refractivity contribution >= 4 is 41.7 Å². The van der Waals surface area contributed by atoms with E-state index in [1.165, 1.54) is 0 Å². The first kappa shape index (κ1) is 11.8. The van der Waals surface area contributed by atoms with Gasteiger partial charge in [0.05, 0.1) is 0 Å². The summed E-state index contributed by atoms with van der Waals surface area (Å²) < 4.78 is 4.69. The van der Waals surface area contributed by atoms with Gasteiger partial charge in [-0.1, -0.05) is 0 Å². The van der Waals surface area contributed by atoms with Crippen molar-refractivity contribution in [3.8, 4) is 0 Å². The number of carbonyl (C=O) groups is 1. The van der Waals surface area contributed by atoms with Crippen molar-refractivity contribution in [3.63, 3.8) is 0 Å². The molecular formula is C6H11Cl2O2Sn. The molecule has 5 heteroatoms. The van der Waals surface area contributed by atoms with Gasteiger partial charge in [-0.15, -0.1) is 0 Å². The van der Waals surface area contributed by atoms with Crippen LogP contribution >= 0.6 is 17.8 Å². The summed E-state index contributed by atoms with van der Waals surface area (Å²) in [6.45, 7) is 2.08. The topological polar surface area (TPSA) is 26.3 Å². The average molecular weight is 305 g/mol. The molecule has 0 N–H and O–H groups in total. The molecule has 0 aromatic carbocycles. The molecule has 0 atom stereocenters. The summed E-state index contributed by atoms with van der Waals surface area (Å²) in [5, 5.41) is 0. The maximum atomic E-state index is 10.8. The third-order valence-corrected chi connectivity index (χ3v) is 3.30. The van der Waals surface area contributed by atoms with E-state index < -0.39 is 17.9 Å². The second-order valence-electron chi connectivity index (χ2n) is 2.16. The third kappa shape index (κ3) is 8.76. The van der Waals surface area contributed by atoms with Crippen molar-refractivity contribution in [1.29, 1.82) is 0 Å². The molecule has 0 unspecified atom stereocenters. The zero-order valence-corrected chi connectivity index (χ0v) is 10.8. The normalized spacial score (nSPS) is 10.2. The van der Waals surface area contributed by atoms with Crippen LogP contribution in [0.4, 0.5) is 0 Å². The van der Waals surface area contributed by atoms with Crippen molar-refractivity contribution in [3.05, 3.63) is 0 Å². The van der Waals surface area contributed by atoms with E-state index in [4.69, 9.17) is 17.8 Å². The molecule has 0 spiro atoms. The summed E-state index contributed by atoms with van der Waals surface area (Å²) in [7, 11) is 10.8. The number of hydrogen-bond donors (Lipinski definition) is 0. The molecule has 0 heterocycles. The standard InChI is InChI=1S/C6H12O2.2ClH.Sn/c1-2-3-4-5-6(7)8;;;/h2-5H2,1H3,(H,7,8);2*1H;/q;;;+3/p-3. The predicted molar refractivity (Wildman–Crippen MR) is 47.7 cm³/mol. The summed E-state index contributed by atoms with van der Waals surface area (Å²) >= 11 is -2.67. The molecule has 0 aliphatic carbocycles. The third-order valence-electron chi connectivity index (χ3n) is 1.18. The minimum atomic E-state index is -2.67. The summed E-state index contributed by atoms with van der Waals surface area (Å²) in [5.74, 6) is -0.238. The van der Waals surface area contributed by atoms with Gasteiger partial charge in [-0.05, 0) is 0 Å². The van der Waals surface area contributed by atoms with Crippen molar-refractivity contribution in [2.75, 3.05) is 0 Å². The summed E-state index contributed by atoms with van der Waals surface area (Å²) in [6.07, 6.45) is 3.48. The SMILES string of the molecule is CCCCCC(=O)[O][Sn]([Cl])[Cl]. The minimum absolute atomic E-state index is 0.238. The van der Waals surface area contributed by atoms with Crippen LogP contribution in [0.2, 0.25) is 0 Å². The molecule has 0 aliphatic heterocycles. The molecule has 65 valence electrons. The zero-order valence-electron chi connectivity index (χ0n) is 6.40. The van der Waals surface area contributed by atoms with Crippen LogP contribution in [-0.2, 0) is 7.87 Å². The molecule has 0 aromatic heterocycles. The molecule has 0 rings (SSSR count). The van der Waals surface area contributed by atoms with E-state index in [1.54, 1.807) is 0 Å². The summed E-state index contributed by atoms with van der Waals surface area (Å²) in [5.41, 5.74) is 0. The Kier molecular flexibility index (Phi) is 8.07. The van der Waals surface area contributed by atoms with Crippen molar-refractivity contribution in [2.45, 2.75) is 32.6 Å².